The highest BCUT2D eigenvalue weighted by Crippen LogP contribution is 2.25. The highest BCUT2D eigenvalue weighted by atomic mass is 16.5. The van der Waals surface area contributed by atoms with Crippen LogP contribution in [0.4, 0.5) is 0 Å². The average molecular weight is 343 g/mol. The van der Waals surface area contributed by atoms with Gasteiger partial charge in [-0.15, -0.1) is 0 Å². The fourth-order valence-electron chi connectivity index (χ4n) is 3.08. The van der Waals surface area contributed by atoms with Crippen molar-refractivity contribution in [1.82, 2.24) is 14.9 Å². The standard InChI is InChI=1S/C18H21N3O4/c1-3-25-18-12(6-4-8-19-18)11-20-17(23)16-13-7-5-9-21(13)15(22)10-14(16)24-2/h4,6,8,10H,3,5,7,9,11H2,1-2H3,(H,20,23). The minimum atomic E-state index is -0.270. The zero-order valence-corrected chi connectivity index (χ0v) is 14.4. The van der Waals surface area contributed by atoms with Crippen LogP contribution in [0.2, 0.25) is 0 Å². The predicted molar refractivity (Wildman–Crippen MR) is 92.2 cm³/mol. The highest BCUT2D eigenvalue weighted by molar-refractivity contribution is 5.98. The molecule has 7 nitrogen and oxygen atoms in total. The molecule has 132 valence electrons. The zero-order valence-electron chi connectivity index (χ0n) is 14.4. The molecule has 0 bridgehead atoms. The summed E-state index contributed by atoms with van der Waals surface area (Å²) in [6, 6.07) is 5.03. The van der Waals surface area contributed by atoms with Gasteiger partial charge in [0.1, 0.15) is 11.3 Å². The lowest BCUT2D eigenvalue weighted by atomic mass is 10.1. The molecule has 0 unspecified atom stereocenters. The Morgan fingerprint density at radius 1 is 1.44 bits per heavy atom. The number of pyridine rings is 2. The molecular weight excluding hydrogens is 322 g/mol. The van der Waals surface area contributed by atoms with Gasteiger partial charge in [0.15, 0.2) is 0 Å². The van der Waals surface area contributed by atoms with E-state index in [1.165, 1.54) is 13.2 Å². The van der Waals surface area contributed by atoms with Crippen molar-refractivity contribution in [1.29, 1.82) is 0 Å². The Labute approximate surface area is 145 Å². The zero-order chi connectivity index (χ0) is 17.8. The second-order valence-corrected chi connectivity index (χ2v) is 5.71. The molecule has 3 heterocycles. The van der Waals surface area contributed by atoms with Crippen molar-refractivity contribution in [3.63, 3.8) is 0 Å². The second kappa shape index (κ2) is 7.38. The predicted octanol–water partition coefficient (Wildman–Crippen LogP) is 1.53. The third-order valence-corrected chi connectivity index (χ3v) is 4.19. The lowest BCUT2D eigenvalue weighted by molar-refractivity contribution is 0.0945. The first-order valence-electron chi connectivity index (χ1n) is 8.31. The fourth-order valence-corrected chi connectivity index (χ4v) is 3.08. The number of aromatic nitrogens is 2. The lowest BCUT2D eigenvalue weighted by Gasteiger charge is -2.15. The number of hydrogen-bond acceptors (Lipinski definition) is 5. The van der Waals surface area contributed by atoms with Crippen LogP contribution in [-0.2, 0) is 19.5 Å². The van der Waals surface area contributed by atoms with Crippen LogP contribution >= 0.6 is 0 Å². The fraction of sp³-hybridized carbons (Fsp3) is 0.389. The summed E-state index contributed by atoms with van der Waals surface area (Å²) in [5, 5.41) is 2.88. The normalized spacial score (nSPS) is 12.6. The van der Waals surface area contributed by atoms with Crippen LogP contribution in [0.5, 0.6) is 11.6 Å². The van der Waals surface area contributed by atoms with Gasteiger partial charge in [-0.2, -0.15) is 0 Å². The molecule has 3 rings (SSSR count). The summed E-state index contributed by atoms with van der Waals surface area (Å²) in [7, 11) is 1.46. The summed E-state index contributed by atoms with van der Waals surface area (Å²) in [6.45, 7) is 3.30. The van der Waals surface area contributed by atoms with Gasteiger partial charge < -0.3 is 19.4 Å². The number of ether oxygens (including phenoxy) is 2. The lowest BCUT2D eigenvalue weighted by Crippen LogP contribution is -2.29. The third kappa shape index (κ3) is 3.35. The number of amides is 1. The number of methoxy groups -OCH3 is 1. The number of nitrogens with one attached hydrogen (secondary N) is 1. The van der Waals surface area contributed by atoms with Gasteiger partial charge in [0.05, 0.1) is 13.7 Å². The summed E-state index contributed by atoms with van der Waals surface area (Å²) >= 11 is 0. The van der Waals surface area contributed by atoms with Gasteiger partial charge in [-0.1, -0.05) is 6.07 Å². The number of hydrogen-bond donors (Lipinski definition) is 1. The molecule has 7 heteroatoms. The average Bonchev–Trinajstić information content (AvgIpc) is 3.11. The van der Waals surface area contributed by atoms with Gasteiger partial charge in [0, 0.05) is 36.6 Å². The van der Waals surface area contributed by atoms with Gasteiger partial charge >= 0.3 is 0 Å². The van der Waals surface area contributed by atoms with Crippen molar-refractivity contribution in [2.24, 2.45) is 0 Å². The van der Waals surface area contributed by atoms with E-state index >= 15 is 0 Å². The molecule has 2 aromatic heterocycles. The van der Waals surface area contributed by atoms with E-state index in [-0.39, 0.29) is 18.0 Å². The summed E-state index contributed by atoms with van der Waals surface area (Å²) < 4.78 is 12.4. The van der Waals surface area contributed by atoms with E-state index in [1.54, 1.807) is 16.8 Å². The smallest absolute Gasteiger partial charge is 0.257 e. The second-order valence-electron chi connectivity index (χ2n) is 5.71. The van der Waals surface area contributed by atoms with Gasteiger partial charge in [0.25, 0.3) is 11.5 Å². The van der Waals surface area contributed by atoms with E-state index in [0.29, 0.717) is 36.8 Å². The summed E-state index contributed by atoms with van der Waals surface area (Å²) in [5.41, 5.74) is 1.83. The summed E-state index contributed by atoms with van der Waals surface area (Å²) in [4.78, 5) is 29.0. The highest BCUT2D eigenvalue weighted by Gasteiger charge is 2.25. The minimum absolute atomic E-state index is 0.133. The first-order chi connectivity index (χ1) is 12.2. The van der Waals surface area contributed by atoms with Crippen molar-refractivity contribution in [2.45, 2.75) is 32.9 Å². The summed E-state index contributed by atoms with van der Waals surface area (Å²) in [6.07, 6.45) is 3.18. The topological polar surface area (TPSA) is 82.5 Å². The van der Waals surface area contributed by atoms with Gasteiger partial charge in [-0.05, 0) is 25.8 Å². The van der Waals surface area contributed by atoms with E-state index in [4.69, 9.17) is 9.47 Å². The molecule has 0 spiro atoms. The summed E-state index contributed by atoms with van der Waals surface area (Å²) in [5.74, 6) is 0.549. The molecule has 1 aliphatic heterocycles. The molecule has 25 heavy (non-hydrogen) atoms. The maximum absolute atomic E-state index is 12.8. The van der Waals surface area contributed by atoms with Crippen LogP contribution in [0.3, 0.4) is 0 Å². The van der Waals surface area contributed by atoms with E-state index in [0.717, 1.165) is 17.7 Å². The van der Waals surface area contributed by atoms with Crippen molar-refractivity contribution in [3.8, 4) is 11.6 Å². The Hall–Kier alpha value is -2.83. The van der Waals surface area contributed by atoms with Gasteiger partial charge in [-0.3, -0.25) is 9.59 Å². The number of carbonyl (C=O) groups excluding carboxylic acids is 1. The first kappa shape index (κ1) is 17.0. The third-order valence-electron chi connectivity index (χ3n) is 4.19. The van der Waals surface area contributed by atoms with Gasteiger partial charge in [0.2, 0.25) is 5.88 Å². The first-order valence-corrected chi connectivity index (χ1v) is 8.31. The molecule has 0 atom stereocenters. The number of fused-ring (bicyclic) bond motifs is 1. The van der Waals surface area contributed by atoms with E-state index in [1.807, 2.05) is 13.0 Å². The Kier molecular flexibility index (Phi) is 5.02. The minimum Gasteiger partial charge on any atom is -0.496 e. The molecule has 1 aliphatic rings. The van der Waals surface area contributed by atoms with Crippen LogP contribution in [0, 0.1) is 0 Å². The number of carbonyl (C=O) groups is 1. The molecule has 2 aromatic rings. The SMILES string of the molecule is CCOc1ncccc1CNC(=O)c1c(OC)cc(=O)n2c1CCC2. The molecule has 0 saturated carbocycles. The molecule has 0 saturated heterocycles. The van der Waals surface area contributed by atoms with Crippen LogP contribution < -0.4 is 20.3 Å². The number of rotatable bonds is 6. The monoisotopic (exact) mass is 343 g/mol. The van der Waals surface area contributed by atoms with Crippen molar-refractivity contribution in [3.05, 3.63) is 51.6 Å². The van der Waals surface area contributed by atoms with Crippen LogP contribution in [0.1, 0.15) is 35.0 Å². The largest absolute Gasteiger partial charge is 0.496 e. The maximum Gasteiger partial charge on any atom is 0.257 e. The Bertz CT molecular complexity index is 845. The molecule has 0 aromatic carbocycles. The Morgan fingerprint density at radius 3 is 3.04 bits per heavy atom. The molecular formula is C18H21N3O4. The van der Waals surface area contributed by atoms with Crippen molar-refractivity contribution < 1.29 is 14.3 Å². The van der Waals surface area contributed by atoms with Crippen LogP contribution in [0.15, 0.2) is 29.2 Å². The van der Waals surface area contributed by atoms with E-state index < -0.39 is 0 Å². The van der Waals surface area contributed by atoms with E-state index in [2.05, 4.69) is 10.3 Å². The van der Waals surface area contributed by atoms with Crippen LogP contribution in [-0.4, -0.2) is 29.2 Å². The molecule has 0 aliphatic carbocycles. The Balaban J connectivity index is 1.86. The molecule has 1 amide bonds. The molecule has 0 radical (unpaired) electrons. The van der Waals surface area contributed by atoms with Crippen molar-refractivity contribution >= 4 is 5.91 Å². The number of nitrogens with zero attached hydrogens (tertiary/aromatic N) is 2. The maximum atomic E-state index is 12.8. The van der Waals surface area contributed by atoms with Gasteiger partial charge in [-0.25, -0.2) is 4.98 Å². The quantitative estimate of drug-likeness (QED) is 0.860. The van der Waals surface area contributed by atoms with Crippen molar-refractivity contribution in [2.75, 3.05) is 13.7 Å². The van der Waals surface area contributed by atoms with Crippen LogP contribution in [0.25, 0.3) is 0 Å². The Morgan fingerprint density at radius 2 is 2.28 bits per heavy atom. The van der Waals surface area contributed by atoms with E-state index in [9.17, 15) is 9.59 Å². The molecule has 1 N–H and O–H groups in total. The molecule has 0 fully saturated rings.